The molecule has 0 spiro atoms. The van der Waals surface area contributed by atoms with E-state index >= 15 is 0 Å². The van der Waals surface area contributed by atoms with Gasteiger partial charge in [-0.1, -0.05) is 6.07 Å². The molecule has 2 unspecified atom stereocenters. The van der Waals surface area contributed by atoms with Gasteiger partial charge < -0.3 is 19.7 Å². The lowest BCUT2D eigenvalue weighted by Crippen LogP contribution is -2.42. The van der Waals surface area contributed by atoms with E-state index in [1.165, 1.54) is 12.1 Å². The zero-order valence-electron chi connectivity index (χ0n) is 14.8. The summed E-state index contributed by atoms with van der Waals surface area (Å²) in [6, 6.07) is 6.18. The maximum atomic E-state index is 13.2. The van der Waals surface area contributed by atoms with Crippen LogP contribution < -0.4 is 10.1 Å². The van der Waals surface area contributed by atoms with E-state index in [4.69, 9.17) is 9.47 Å². The van der Waals surface area contributed by atoms with Crippen LogP contribution in [-0.4, -0.2) is 56.9 Å². The highest BCUT2D eigenvalue weighted by atomic mass is 19.1. The molecular weight excluding hydrogens is 309 g/mol. The Bertz CT molecular complexity index is 533. The molecule has 2 rings (SSSR count). The molecule has 0 amide bonds. The van der Waals surface area contributed by atoms with Crippen molar-refractivity contribution in [2.75, 3.05) is 39.9 Å². The number of nitrogens with one attached hydrogen (secondary N) is 1. The van der Waals surface area contributed by atoms with Gasteiger partial charge in [0.25, 0.3) is 0 Å². The first kappa shape index (κ1) is 18.5. The van der Waals surface area contributed by atoms with Crippen molar-refractivity contribution in [3.63, 3.8) is 0 Å². The topological polar surface area (TPSA) is 46.1 Å². The van der Waals surface area contributed by atoms with Crippen molar-refractivity contribution < 1.29 is 13.9 Å². The Hall–Kier alpha value is -1.82. The fourth-order valence-electron chi connectivity index (χ4n) is 2.70. The standard InChI is InChI=1S/C18H28FN3O2/c1-4-20-18(22(3)12-15-8-9-23-13-15)21-11-14(2)24-17-7-5-6-16(19)10-17/h5-7,10,14-15H,4,8-9,11-13H2,1-3H3,(H,20,21). The molecule has 1 heterocycles. The van der Waals surface area contributed by atoms with Gasteiger partial charge in [-0.25, -0.2) is 9.38 Å². The van der Waals surface area contributed by atoms with Crippen molar-refractivity contribution >= 4 is 5.96 Å². The lowest BCUT2D eigenvalue weighted by Gasteiger charge is -2.25. The second-order valence-corrected chi connectivity index (χ2v) is 6.19. The van der Waals surface area contributed by atoms with Gasteiger partial charge in [0.2, 0.25) is 0 Å². The summed E-state index contributed by atoms with van der Waals surface area (Å²) in [4.78, 5) is 6.78. The number of halogens is 1. The van der Waals surface area contributed by atoms with Crippen LogP contribution in [-0.2, 0) is 4.74 Å². The minimum absolute atomic E-state index is 0.135. The Labute approximate surface area is 143 Å². The quantitative estimate of drug-likeness (QED) is 0.613. The molecule has 24 heavy (non-hydrogen) atoms. The van der Waals surface area contributed by atoms with Gasteiger partial charge in [0.1, 0.15) is 17.7 Å². The van der Waals surface area contributed by atoms with Gasteiger partial charge >= 0.3 is 0 Å². The SMILES string of the molecule is CCNC(=NCC(C)Oc1cccc(F)c1)N(C)CC1CCOC1. The largest absolute Gasteiger partial charge is 0.489 e. The summed E-state index contributed by atoms with van der Waals surface area (Å²) in [5.74, 6) is 1.65. The molecule has 5 nitrogen and oxygen atoms in total. The molecule has 1 aromatic carbocycles. The minimum atomic E-state index is -0.296. The van der Waals surface area contributed by atoms with Gasteiger partial charge in [-0.2, -0.15) is 0 Å². The Morgan fingerprint density at radius 2 is 2.38 bits per heavy atom. The highest BCUT2D eigenvalue weighted by Crippen LogP contribution is 2.15. The van der Waals surface area contributed by atoms with E-state index < -0.39 is 0 Å². The van der Waals surface area contributed by atoms with E-state index in [-0.39, 0.29) is 11.9 Å². The zero-order chi connectivity index (χ0) is 17.4. The second-order valence-electron chi connectivity index (χ2n) is 6.19. The van der Waals surface area contributed by atoms with Crippen molar-refractivity contribution in [2.45, 2.75) is 26.4 Å². The van der Waals surface area contributed by atoms with Crippen LogP contribution in [0.25, 0.3) is 0 Å². The molecule has 0 radical (unpaired) electrons. The Balaban J connectivity index is 1.88. The Morgan fingerprint density at radius 1 is 1.54 bits per heavy atom. The van der Waals surface area contributed by atoms with Crippen molar-refractivity contribution in [2.24, 2.45) is 10.9 Å². The summed E-state index contributed by atoms with van der Waals surface area (Å²) in [5, 5.41) is 3.30. The molecular formula is C18H28FN3O2. The van der Waals surface area contributed by atoms with Crippen LogP contribution in [0, 0.1) is 11.7 Å². The molecule has 2 atom stereocenters. The average molecular weight is 337 g/mol. The highest BCUT2D eigenvalue weighted by molar-refractivity contribution is 5.79. The summed E-state index contributed by atoms with van der Waals surface area (Å²) < 4.78 is 24.4. The molecule has 0 aromatic heterocycles. The highest BCUT2D eigenvalue weighted by Gasteiger charge is 2.19. The summed E-state index contributed by atoms with van der Waals surface area (Å²) >= 11 is 0. The number of hydrogen-bond acceptors (Lipinski definition) is 3. The molecule has 1 aromatic rings. The summed E-state index contributed by atoms with van der Waals surface area (Å²) in [7, 11) is 2.04. The number of hydrogen-bond donors (Lipinski definition) is 1. The molecule has 1 aliphatic heterocycles. The van der Waals surface area contributed by atoms with Crippen LogP contribution in [0.3, 0.4) is 0 Å². The van der Waals surface area contributed by atoms with Gasteiger partial charge in [-0.3, -0.25) is 0 Å². The van der Waals surface area contributed by atoms with Crippen molar-refractivity contribution in [3.05, 3.63) is 30.1 Å². The van der Waals surface area contributed by atoms with E-state index in [0.717, 1.165) is 38.7 Å². The molecule has 1 N–H and O–H groups in total. The molecule has 1 aliphatic rings. The Morgan fingerprint density at radius 3 is 3.04 bits per heavy atom. The molecule has 6 heteroatoms. The molecule has 1 fully saturated rings. The predicted molar refractivity (Wildman–Crippen MR) is 94.0 cm³/mol. The smallest absolute Gasteiger partial charge is 0.193 e. The predicted octanol–water partition coefficient (Wildman–Crippen LogP) is 2.53. The zero-order valence-corrected chi connectivity index (χ0v) is 14.8. The first-order valence-corrected chi connectivity index (χ1v) is 8.58. The number of guanidine groups is 1. The van der Waals surface area contributed by atoms with Crippen molar-refractivity contribution in [1.82, 2.24) is 10.2 Å². The molecule has 134 valence electrons. The van der Waals surface area contributed by atoms with E-state index in [1.807, 2.05) is 14.0 Å². The van der Waals surface area contributed by atoms with Crippen LogP contribution in [0.1, 0.15) is 20.3 Å². The van der Waals surface area contributed by atoms with E-state index in [2.05, 4.69) is 22.1 Å². The minimum Gasteiger partial charge on any atom is -0.489 e. The molecule has 1 saturated heterocycles. The number of benzene rings is 1. The molecule has 0 aliphatic carbocycles. The van der Waals surface area contributed by atoms with Gasteiger partial charge in [0.15, 0.2) is 5.96 Å². The van der Waals surface area contributed by atoms with Crippen LogP contribution in [0.5, 0.6) is 5.75 Å². The number of aliphatic imine (C=N–C) groups is 1. The van der Waals surface area contributed by atoms with Crippen molar-refractivity contribution in [3.8, 4) is 5.75 Å². The first-order chi connectivity index (χ1) is 11.6. The number of nitrogens with zero attached hydrogens (tertiary/aromatic N) is 2. The van der Waals surface area contributed by atoms with Crippen LogP contribution >= 0.6 is 0 Å². The third-order valence-electron chi connectivity index (χ3n) is 3.88. The van der Waals surface area contributed by atoms with Crippen LogP contribution in [0.2, 0.25) is 0 Å². The second kappa shape index (κ2) is 9.47. The van der Waals surface area contributed by atoms with Crippen molar-refractivity contribution in [1.29, 1.82) is 0 Å². The number of rotatable bonds is 7. The van der Waals surface area contributed by atoms with Gasteiger partial charge in [0.05, 0.1) is 13.2 Å². The van der Waals surface area contributed by atoms with Gasteiger partial charge in [0, 0.05) is 38.7 Å². The van der Waals surface area contributed by atoms with Gasteiger partial charge in [-0.15, -0.1) is 0 Å². The fourth-order valence-corrected chi connectivity index (χ4v) is 2.70. The summed E-state index contributed by atoms with van der Waals surface area (Å²) in [6.07, 6.45) is 0.965. The third kappa shape index (κ3) is 6.00. The van der Waals surface area contributed by atoms with Gasteiger partial charge in [-0.05, 0) is 32.4 Å². The maximum absolute atomic E-state index is 13.2. The lowest BCUT2D eigenvalue weighted by atomic mass is 10.1. The average Bonchev–Trinajstić information content (AvgIpc) is 3.04. The maximum Gasteiger partial charge on any atom is 0.193 e. The normalized spacial score (nSPS) is 19.2. The third-order valence-corrected chi connectivity index (χ3v) is 3.88. The summed E-state index contributed by atoms with van der Waals surface area (Å²) in [5.41, 5.74) is 0. The summed E-state index contributed by atoms with van der Waals surface area (Å²) in [6.45, 7) is 7.89. The Kier molecular flexibility index (Phi) is 7.31. The number of ether oxygens (including phenoxy) is 2. The van der Waals surface area contributed by atoms with Crippen LogP contribution in [0.4, 0.5) is 4.39 Å². The van der Waals surface area contributed by atoms with E-state index in [9.17, 15) is 4.39 Å². The van der Waals surface area contributed by atoms with E-state index in [0.29, 0.717) is 18.2 Å². The molecule has 0 bridgehead atoms. The first-order valence-electron chi connectivity index (χ1n) is 8.58. The van der Waals surface area contributed by atoms with E-state index in [1.54, 1.807) is 12.1 Å². The molecule has 0 saturated carbocycles. The lowest BCUT2D eigenvalue weighted by molar-refractivity contribution is 0.181. The van der Waals surface area contributed by atoms with Crippen LogP contribution in [0.15, 0.2) is 29.3 Å². The fraction of sp³-hybridized carbons (Fsp3) is 0.611. The monoisotopic (exact) mass is 337 g/mol.